The second-order valence-electron chi connectivity index (χ2n) is 5.21. The largest absolute Gasteiger partial charge is 0.507 e. The maximum absolute atomic E-state index is 12.3. The van der Waals surface area contributed by atoms with Gasteiger partial charge in [-0.2, -0.15) is 0 Å². The highest BCUT2D eigenvalue weighted by atomic mass is 32.2. The van der Waals surface area contributed by atoms with Crippen LogP contribution in [0.25, 0.3) is 0 Å². The number of carbonyl (C=O) groups is 1. The number of likely N-dealkylation sites (tertiary alicyclic amines) is 1. The summed E-state index contributed by atoms with van der Waals surface area (Å²) < 4.78 is 27.2. The molecule has 2 rings (SSSR count). The molecule has 116 valence electrons. The summed E-state index contributed by atoms with van der Waals surface area (Å²) in [5.74, 6) is -1.83. The predicted molar refractivity (Wildman–Crippen MR) is 75.9 cm³/mol. The highest BCUT2D eigenvalue weighted by Crippen LogP contribution is 2.22. The summed E-state index contributed by atoms with van der Waals surface area (Å²) in [5.41, 5.74) is -0.432. The number of sulfonamides is 1. The van der Waals surface area contributed by atoms with Crippen LogP contribution in [0.4, 0.5) is 0 Å². The number of hydrogen-bond donors (Lipinski definition) is 3. The minimum Gasteiger partial charge on any atom is -0.507 e. The molecule has 1 aromatic carbocycles. The number of carboxylic acids is 1. The molecular formula is C13H18N2O5S. The number of piperidine rings is 1. The molecule has 0 aromatic heterocycles. The quantitative estimate of drug-likeness (QED) is 0.745. The van der Waals surface area contributed by atoms with Crippen molar-refractivity contribution in [1.29, 1.82) is 0 Å². The van der Waals surface area contributed by atoms with E-state index in [1.54, 1.807) is 0 Å². The number of aromatic hydroxyl groups is 1. The molecule has 0 spiro atoms. The Bertz CT molecular complexity index is 644. The third-order valence-electron chi connectivity index (χ3n) is 3.46. The molecule has 0 amide bonds. The Labute approximate surface area is 123 Å². The minimum absolute atomic E-state index is 0.161. The molecule has 0 aliphatic carbocycles. The van der Waals surface area contributed by atoms with Gasteiger partial charge in [0.1, 0.15) is 11.3 Å². The van der Waals surface area contributed by atoms with E-state index in [9.17, 15) is 18.3 Å². The van der Waals surface area contributed by atoms with E-state index in [0.717, 1.165) is 31.5 Å². The lowest BCUT2D eigenvalue weighted by Crippen LogP contribution is -2.46. The number of likely N-dealkylation sites (N-methyl/N-ethyl adjacent to an activating group) is 1. The number of nitrogens with one attached hydrogen (secondary N) is 1. The first-order valence-corrected chi connectivity index (χ1v) is 8.05. The summed E-state index contributed by atoms with van der Waals surface area (Å²) in [4.78, 5) is 12.8. The lowest BCUT2D eigenvalue weighted by Gasteiger charge is -2.30. The summed E-state index contributed by atoms with van der Waals surface area (Å²) in [6.07, 6.45) is 1.65. The van der Waals surface area contributed by atoms with Crippen molar-refractivity contribution in [3.63, 3.8) is 0 Å². The maximum Gasteiger partial charge on any atom is 0.339 e. The number of phenols is 1. The van der Waals surface area contributed by atoms with Crippen molar-refractivity contribution < 1.29 is 23.4 Å². The third-order valence-corrected chi connectivity index (χ3v) is 4.97. The molecule has 1 fully saturated rings. The molecule has 8 heteroatoms. The first kappa shape index (κ1) is 15.7. The zero-order valence-corrected chi connectivity index (χ0v) is 12.4. The Morgan fingerprint density at radius 3 is 2.76 bits per heavy atom. The molecule has 0 saturated carbocycles. The van der Waals surface area contributed by atoms with Crippen LogP contribution in [0.1, 0.15) is 23.2 Å². The monoisotopic (exact) mass is 314 g/mol. The van der Waals surface area contributed by atoms with Crippen LogP contribution in [-0.4, -0.2) is 55.7 Å². The van der Waals surface area contributed by atoms with Gasteiger partial charge in [-0.15, -0.1) is 0 Å². The van der Waals surface area contributed by atoms with Gasteiger partial charge in [0, 0.05) is 12.6 Å². The average Bonchev–Trinajstić information content (AvgIpc) is 2.38. The van der Waals surface area contributed by atoms with Gasteiger partial charge in [-0.25, -0.2) is 17.9 Å². The van der Waals surface area contributed by atoms with Gasteiger partial charge >= 0.3 is 5.97 Å². The van der Waals surface area contributed by atoms with E-state index in [4.69, 9.17) is 5.11 Å². The molecule has 0 bridgehead atoms. The topological polar surface area (TPSA) is 107 Å². The Morgan fingerprint density at radius 2 is 2.14 bits per heavy atom. The Balaban J connectivity index is 2.23. The van der Waals surface area contributed by atoms with Crippen molar-refractivity contribution in [3.05, 3.63) is 23.8 Å². The van der Waals surface area contributed by atoms with E-state index in [2.05, 4.69) is 4.72 Å². The minimum atomic E-state index is -3.81. The van der Waals surface area contributed by atoms with Crippen LogP contribution in [0, 0.1) is 0 Å². The third kappa shape index (κ3) is 3.72. The van der Waals surface area contributed by atoms with E-state index < -0.39 is 27.3 Å². The Hall–Kier alpha value is -1.64. The molecule has 1 atom stereocenters. The van der Waals surface area contributed by atoms with Crippen LogP contribution in [0.2, 0.25) is 0 Å². The molecule has 1 aliphatic rings. The zero-order valence-electron chi connectivity index (χ0n) is 11.6. The van der Waals surface area contributed by atoms with Crippen molar-refractivity contribution in [3.8, 4) is 5.75 Å². The molecule has 1 aliphatic heterocycles. The fourth-order valence-corrected chi connectivity index (χ4v) is 3.69. The molecule has 1 saturated heterocycles. The smallest absolute Gasteiger partial charge is 0.339 e. The van der Waals surface area contributed by atoms with Gasteiger partial charge in [0.15, 0.2) is 0 Å². The lowest BCUT2D eigenvalue weighted by molar-refractivity contribution is 0.0693. The standard InChI is InChI=1S/C13H18N2O5S/c1-15-6-2-3-9(8-15)14-21(19,20)10-4-5-12(16)11(7-10)13(17)18/h4-5,7,9,14,16H,2-3,6,8H2,1H3,(H,17,18). The molecule has 0 radical (unpaired) electrons. The number of nitrogens with zero attached hydrogens (tertiary/aromatic N) is 1. The number of benzene rings is 1. The molecule has 7 nitrogen and oxygen atoms in total. The fourth-order valence-electron chi connectivity index (χ4n) is 2.40. The van der Waals surface area contributed by atoms with Crippen molar-refractivity contribution in [2.75, 3.05) is 20.1 Å². The second-order valence-corrected chi connectivity index (χ2v) is 6.92. The van der Waals surface area contributed by atoms with Crippen LogP contribution in [0.3, 0.4) is 0 Å². The SMILES string of the molecule is CN1CCCC(NS(=O)(=O)c2ccc(O)c(C(=O)O)c2)C1. The zero-order chi connectivity index (χ0) is 15.6. The average molecular weight is 314 g/mol. The van der Waals surface area contributed by atoms with E-state index in [1.165, 1.54) is 6.07 Å². The van der Waals surface area contributed by atoms with Crippen LogP contribution >= 0.6 is 0 Å². The summed E-state index contributed by atoms with van der Waals surface area (Å²) in [7, 11) is -1.89. The van der Waals surface area contributed by atoms with Gasteiger partial charge in [-0.3, -0.25) is 0 Å². The Morgan fingerprint density at radius 1 is 1.43 bits per heavy atom. The lowest BCUT2D eigenvalue weighted by atomic mass is 10.1. The van der Waals surface area contributed by atoms with E-state index in [0.29, 0.717) is 6.54 Å². The molecule has 1 aromatic rings. The first-order valence-electron chi connectivity index (χ1n) is 6.57. The van der Waals surface area contributed by atoms with Gasteiger partial charge < -0.3 is 15.1 Å². The van der Waals surface area contributed by atoms with Crippen molar-refractivity contribution in [2.45, 2.75) is 23.8 Å². The van der Waals surface area contributed by atoms with Crippen LogP contribution < -0.4 is 4.72 Å². The van der Waals surface area contributed by atoms with Crippen LogP contribution in [-0.2, 0) is 10.0 Å². The normalized spacial score (nSPS) is 20.3. The van der Waals surface area contributed by atoms with Gasteiger partial charge in [-0.1, -0.05) is 0 Å². The molecule has 3 N–H and O–H groups in total. The van der Waals surface area contributed by atoms with Crippen molar-refractivity contribution in [2.24, 2.45) is 0 Å². The fraction of sp³-hybridized carbons (Fsp3) is 0.462. The van der Waals surface area contributed by atoms with E-state index in [1.807, 2.05) is 11.9 Å². The van der Waals surface area contributed by atoms with Crippen LogP contribution in [0.5, 0.6) is 5.75 Å². The van der Waals surface area contributed by atoms with E-state index in [-0.39, 0.29) is 10.9 Å². The highest BCUT2D eigenvalue weighted by molar-refractivity contribution is 7.89. The number of aromatic carboxylic acids is 1. The van der Waals surface area contributed by atoms with E-state index >= 15 is 0 Å². The van der Waals surface area contributed by atoms with Gasteiger partial charge in [0.2, 0.25) is 10.0 Å². The Kier molecular flexibility index (Phi) is 4.50. The molecule has 1 heterocycles. The predicted octanol–water partition coefficient (Wildman–Crippen LogP) is 0.463. The number of rotatable bonds is 4. The summed E-state index contributed by atoms with van der Waals surface area (Å²) in [6, 6.07) is 3.03. The van der Waals surface area contributed by atoms with Crippen molar-refractivity contribution >= 4 is 16.0 Å². The maximum atomic E-state index is 12.3. The highest BCUT2D eigenvalue weighted by Gasteiger charge is 2.25. The number of hydrogen-bond acceptors (Lipinski definition) is 5. The molecule has 21 heavy (non-hydrogen) atoms. The molecular weight excluding hydrogens is 296 g/mol. The second kappa shape index (κ2) is 6.00. The first-order chi connectivity index (χ1) is 9.79. The van der Waals surface area contributed by atoms with Crippen LogP contribution in [0.15, 0.2) is 23.1 Å². The summed E-state index contributed by atoms with van der Waals surface area (Å²) in [6.45, 7) is 1.55. The van der Waals surface area contributed by atoms with Crippen molar-refractivity contribution in [1.82, 2.24) is 9.62 Å². The summed E-state index contributed by atoms with van der Waals surface area (Å²) in [5, 5.41) is 18.4. The molecule has 1 unspecified atom stereocenters. The summed E-state index contributed by atoms with van der Waals surface area (Å²) >= 11 is 0. The number of carboxylic acid groups (broad SMARTS) is 1. The van der Waals surface area contributed by atoms with Gasteiger partial charge in [0.25, 0.3) is 0 Å². The van der Waals surface area contributed by atoms with Gasteiger partial charge in [-0.05, 0) is 44.6 Å². The van der Waals surface area contributed by atoms with Gasteiger partial charge in [0.05, 0.1) is 4.90 Å².